The van der Waals surface area contributed by atoms with E-state index in [1.807, 2.05) is 0 Å². The molecule has 0 amide bonds. The minimum absolute atomic E-state index is 0.233. The fraction of sp³-hybridized carbons (Fsp3) is 0.556. The number of carbonyl (C=O) groups excluding carboxylic acids is 1. The summed E-state index contributed by atoms with van der Waals surface area (Å²) in [7, 11) is 1.52. The molecular weight excluding hydrogens is 186 g/mol. The van der Waals surface area contributed by atoms with Crippen LogP contribution in [0.4, 0.5) is 0 Å². The van der Waals surface area contributed by atoms with Gasteiger partial charge in [0.1, 0.15) is 0 Å². The van der Waals surface area contributed by atoms with Crippen molar-refractivity contribution >= 4 is 11.9 Å². The summed E-state index contributed by atoms with van der Waals surface area (Å²) in [6.45, 7) is 6.39. The Bertz CT molecular complexity index is 262. The second-order valence-electron chi connectivity index (χ2n) is 3.22. The van der Waals surface area contributed by atoms with Crippen molar-refractivity contribution in [2.75, 3.05) is 7.05 Å². The fourth-order valence-corrected chi connectivity index (χ4v) is 0.756. The highest BCUT2D eigenvalue weighted by molar-refractivity contribution is 5.87. The summed E-state index contributed by atoms with van der Waals surface area (Å²) in [5.74, 6) is -1.65. The van der Waals surface area contributed by atoms with Crippen molar-refractivity contribution in [3.05, 3.63) is 12.2 Å². The molecule has 0 spiro atoms. The zero-order valence-electron chi connectivity index (χ0n) is 8.59. The Morgan fingerprint density at radius 1 is 1.57 bits per heavy atom. The highest BCUT2D eigenvalue weighted by Crippen LogP contribution is 2.13. The molecule has 5 nitrogen and oxygen atoms in total. The molecule has 0 aliphatic rings. The molecule has 0 heterocycles. The van der Waals surface area contributed by atoms with Crippen LogP contribution >= 0.6 is 0 Å². The van der Waals surface area contributed by atoms with E-state index < -0.39 is 17.7 Å². The van der Waals surface area contributed by atoms with E-state index in [0.717, 1.165) is 0 Å². The zero-order chi connectivity index (χ0) is 11.4. The average molecular weight is 201 g/mol. The molecule has 0 fully saturated rings. The number of esters is 1. The molecule has 0 aliphatic carbocycles. The van der Waals surface area contributed by atoms with Crippen LogP contribution in [-0.4, -0.2) is 29.8 Å². The Morgan fingerprint density at radius 2 is 2.07 bits per heavy atom. The van der Waals surface area contributed by atoms with Crippen LogP contribution in [0.5, 0.6) is 0 Å². The normalized spacial score (nSPS) is 14.2. The lowest BCUT2D eigenvalue weighted by molar-refractivity contribution is -0.162. The quantitative estimate of drug-likeness (QED) is 0.385. The molecule has 0 aromatic carbocycles. The van der Waals surface area contributed by atoms with Crippen molar-refractivity contribution in [3.63, 3.8) is 0 Å². The molecule has 1 unspecified atom stereocenters. The van der Waals surface area contributed by atoms with Crippen LogP contribution in [0.15, 0.2) is 12.2 Å². The van der Waals surface area contributed by atoms with Gasteiger partial charge in [-0.1, -0.05) is 6.58 Å². The van der Waals surface area contributed by atoms with E-state index in [4.69, 9.17) is 9.84 Å². The van der Waals surface area contributed by atoms with Crippen molar-refractivity contribution < 1.29 is 19.4 Å². The summed E-state index contributed by atoms with van der Waals surface area (Å²) >= 11 is 0. The van der Waals surface area contributed by atoms with Crippen LogP contribution in [0.25, 0.3) is 0 Å². The van der Waals surface area contributed by atoms with Crippen LogP contribution in [0.1, 0.15) is 20.3 Å². The molecule has 0 aromatic heterocycles. The summed E-state index contributed by atoms with van der Waals surface area (Å²) in [4.78, 5) is 21.6. The first-order chi connectivity index (χ1) is 6.30. The Balaban J connectivity index is 4.47. The van der Waals surface area contributed by atoms with E-state index in [-0.39, 0.29) is 12.0 Å². The van der Waals surface area contributed by atoms with Gasteiger partial charge in [0.15, 0.2) is 5.72 Å². The van der Waals surface area contributed by atoms with Crippen LogP contribution in [0.2, 0.25) is 0 Å². The van der Waals surface area contributed by atoms with E-state index in [0.29, 0.717) is 0 Å². The van der Waals surface area contributed by atoms with Gasteiger partial charge < -0.3 is 9.84 Å². The van der Waals surface area contributed by atoms with Crippen LogP contribution in [-0.2, 0) is 14.3 Å². The number of carboxylic acid groups (broad SMARTS) is 1. The van der Waals surface area contributed by atoms with Gasteiger partial charge in [0.2, 0.25) is 0 Å². The first-order valence-electron chi connectivity index (χ1n) is 4.10. The second kappa shape index (κ2) is 4.76. The van der Waals surface area contributed by atoms with E-state index in [1.165, 1.54) is 20.9 Å². The van der Waals surface area contributed by atoms with Gasteiger partial charge in [-0.2, -0.15) is 0 Å². The topological polar surface area (TPSA) is 75.6 Å². The second-order valence-corrected chi connectivity index (χ2v) is 3.22. The summed E-state index contributed by atoms with van der Waals surface area (Å²) < 4.78 is 4.93. The molecule has 0 aromatic rings. The van der Waals surface area contributed by atoms with Gasteiger partial charge in [-0.15, -0.1) is 0 Å². The molecule has 14 heavy (non-hydrogen) atoms. The van der Waals surface area contributed by atoms with Crippen molar-refractivity contribution in [1.82, 2.24) is 5.32 Å². The maximum atomic E-state index is 11.1. The van der Waals surface area contributed by atoms with Crippen molar-refractivity contribution in [1.29, 1.82) is 0 Å². The molecule has 2 N–H and O–H groups in total. The third-order valence-electron chi connectivity index (χ3n) is 1.68. The lowest BCUT2D eigenvalue weighted by Crippen LogP contribution is -2.46. The van der Waals surface area contributed by atoms with E-state index >= 15 is 0 Å². The molecule has 0 saturated carbocycles. The highest BCUT2D eigenvalue weighted by atomic mass is 16.6. The Morgan fingerprint density at radius 3 is 2.36 bits per heavy atom. The molecule has 0 saturated heterocycles. The number of rotatable bonds is 5. The summed E-state index contributed by atoms with van der Waals surface area (Å²) in [6, 6.07) is 0. The fourth-order valence-electron chi connectivity index (χ4n) is 0.756. The SMILES string of the molecule is C=C(C)C(=O)OC(C)(CC(=O)O)NC. The lowest BCUT2D eigenvalue weighted by atomic mass is 10.2. The zero-order valence-corrected chi connectivity index (χ0v) is 8.59. The number of aliphatic carboxylic acids is 1. The van der Waals surface area contributed by atoms with Gasteiger partial charge >= 0.3 is 11.9 Å². The van der Waals surface area contributed by atoms with Crippen molar-refractivity contribution in [2.45, 2.75) is 26.0 Å². The molecule has 1 atom stereocenters. The van der Waals surface area contributed by atoms with Gasteiger partial charge in [-0.05, 0) is 20.9 Å². The van der Waals surface area contributed by atoms with Gasteiger partial charge in [-0.25, -0.2) is 4.79 Å². The molecule has 80 valence electrons. The highest BCUT2D eigenvalue weighted by Gasteiger charge is 2.29. The third kappa shape index (κ3) is 4.04. The standard InChI is InChI=1S/C9H15NO4/c1-6(2)8(13)14-9(3,10-4)5-7(11)12/h10H,1,5H2,2-4H3,(H,11,12). The van der Waals surface area contributed by atoms with Crippen LogP contribution in [0, 0.1) is 0 Å². The number of hydrogen-bond donors (Lipinski definition) is 2. The maximum absolute atomic E-state index is 11.1. The largest absolute Gasteiger partial charge is 0.481 e. The predicted molar refractivity (Wildman–Crippen MR) is 50.6 cm³/mol. The Hall–Kier alpha value is -1.36. The molecule has 0 radical (unpaired) electrons. The average Bonchev–Trinajstić information content (AvgIpc) is 2.02. The molecule has 5 heteroatoms. The van der Waals surface area contributed by atoms with Crippen molar-refractivity contribution in [2.24, 2.45) is 0 Å². The predicted octanol–water partition coefficient (Wildman–Crippen LogP) is 0.516. The van der Waals surface area contributed by atoms with E-state index in [1.54, 1.807) is 0 Å². The summed E-state index contributed by atoms with van der Waals surface area (Å²) in [6.07, 6.45) is -0.303. The summed E-state index contributed by atoms with van der Waals surface area (Å²) in [5, 5.41) is 11.2. The molecule has 0 aliphatic heterocycles. The number of nitrogens with one attached hydrogen (secondary N) is 1. The number of carboxylic acids is 1. The molecular formula is C9H15NO4. The monoisotopic (exact) mass is 201 g/mol. The van der Waals surface area contributed by atoms with Gasteiger partial charge in [-0.3, -0.25) is 10.1 Å². The van der Waals surface area contributed by atoms with Crippen LogP contribution in [0.3, 0.4) is 0 Å². The summed E-state index contributed by atoms with van der Waals surface area (Å²) in [5.41, 5.74) is -0.959. The van der Waals surface area contributed by atoms with Gasteiger partial charge in [0.05, 0.1) is 6.42 Å². The number of ether oxygens (including phenoxy) is 1. The van der Waals surface area contributed by atoms with Gasteiger partial charge in [0, 0.05) is 5.57 Å². The molecule has 0 rings (SSSR count). The first-order valence-corrected chi connectivity index (χ1v) is 4.10. The lowest BCUT2D eigenvalue weighted by Gasteiger charge is -2.27. The number of hydrogen-bond acceptors (Lipinski definition) is 4. The van der Waals surface area contributed by atoms with Gasteiger partial charge in [0.25, 0.3) is 0 Å². The minimum atomic E-state index is -1.19. The van der Waals surface area contributed by atoms with Crippen LogP contribution < -0.4 is 5.32 Å². The Kier molecular flexibility index (Phi) is 4.30. The minimum Gasteiger partial charge on any atom is -0.481 e. The van der Waals surface area contributed by atoms with Crippen molar-refractivity contribution in [3.8, 4) is 0 Å². The smallest absolute Gasteiger partial charge is 0.334 e. The van der Waals surface area contributed by atoms with E-state index in [9.17, 15) is 9.59 Å². The maximum Gasteiger partial charge on any atom is 0.334 e. The van der Waals surface area contributed by atoms with E-state index in [2.05, 4.69) is 11.9 Å². The number of carbonyl (C=O) groups is 2. The molecule has 0 bridgehead atoms. The third-order valence-corrected chi connectivity index (χ3v) is 1.68. The Labute approximate surface area is 82.7 Å². The first kappa shape index (κ1) is 12.6.